The molecule has 1 saturated heterocycles. The molecule has 4 aromatic rings. The number of hydrogen-bond donors (Lipinski definition) is 1. The molecule has 5 rings (SSSR count). The van der Waals surface area contributed by atoms with Crippen LogP contribution in [0, 0.1) is 17.1 Å². The van der Waals surface area contributed by atoms with Crippen molar-refractivity contribution in [1.29, 1.82) is 5.26 Å². The Bertz CT molecular complexity index is 1400. The van der Waals surface area contributed by atoms with E-state index in [2.05, 4.69) is 36.1 Å². The van der Waals surface area contributed by atoms with Crippen LogP contribution in [0.15, 0.2) is 36.9 Å². The third-order valence-corrected chi connectivity index (χ3v) is 6.69. The average molecular weight is 512 g/mol. The smallest absolute Gasteiger partial charge is 0.225 e. The maximum atomic E-state index is 14.8. The minimum absolute atomic E-state index is 0.0329. The summed E-state index contributed by atoms with van der Waals surface area (Å²) in [4.78, 5) is 15.0. The van der Waals surface area contributed by atoms with E-state index >= 15 is 0 Å². The van der Waals surface area contributed by atoms with E-state index in [0.717, 1.165) is 19.4 Å². The molecule has 1 aliphatic rings. The first-order chi connectivity index (χ1) is 17.0. The Hall–Kier alpha value is -3.48. The molecule has 0 bridgehead atoms. The third kappa shape index (κ3) is 4.47. The number of ether oxygens (including phenoxy) is 1. The molecule has 1 aliphatic heterocycles. The van der Waals surface area contributed by atoms with E-state index in [4.69, 9.17) is 33.2 Å². The Morgan fingerprint density at radius 1 is 1.23 bits per heavy atom. The summed E-state index contributed by atoms with van der Waals surface area (Å²) in [5.74, 6) is 0.0666. The summed E-state index contributed by atoms with van der Waals surface area (Å²) in [6.07, 6.45) is 8.07. The Kier molecular flexibility index (Phi) is 6.41. The van der Waals surface area contributed by atoms with Crippen molar-refractivity contribution in [1.82, 2.24) is 25.1 Å². The lowest BCUT2D eigenvalue weighted by molar-refractivity contribution is 0.217. The number of pyridine rings is 1. The first kappa shape index (κ1) is 23.3. The SMILES string of the molecule is C[C@@H](Oc1cc2c(-c3cnc(N4CCC[C@H]4CC#N)nc3)n[nH]c2cc1F)c1c(Cl)cncc1Cl. The van der Waals surface area contributed by atoms with Crippen molar-refractivity contribution in [2.45, 2.75) is 38.3 Å². The summed E-state index contributed by atoms with van der Waals surface area (Å²) in [5, 5.41) is 17.6. The summed E-state index contributed by atoms with van der Waals surface area (Å²) < 4.78 is 20.7. The minimum atomic E-state index is -0.621. The molecule has 3 aromatic heterocycles. The van der Waals surface area contributed by atoms with Gasteiger partial charge in [0.25, 0.3) is 0 Å². The van der Waals surface area contributed by atoms with Crippen LogP contribution >= 0.6 is 23.2 Å². The monoisotopic (exact) mass is 511 g/mol. The summed E-state index contributed by atoms with van der Waals surface area (Å²) in [6, 6.07) is 5.27. The normalized spacial score (nSPS) is 16.4. The van der Waals surface area contributed by atoms with Gasteiger partial charge >= 0.3 is 0 Å². The van der Waals surface area contributed by atoms with E-state index in [9.17, 15) is 4.39 Å². The number of benzene rings is 1. The second kappa shape index (κ2) is 9.64. The molecule has 0 unspecified atom stereocenters. The van der Waals surface area contributed by atoms with Gasteiger partial charge in [0.2, 0.25) is 5.95 Å². The highest BCUT2D eigenvalue weighted by Gasteiger charge is 2.26. The summed E-state index contributed by atoms with van der Waals surface area (Å²) in [5.41, 5.74) is 2.27. The lowest BCUT2D eigenvalue weighted by Crippen LogP contribution is -2.30. The third-order valence-electron chi connectivity index (χ3n) is 6.09. The average Bonchev–Trinajstić information content (AvgIpc) is 3.46. The van der Waals surface area contributed by atoms with E-state index < -0.39 is 11.9 Å². The Balaban J connectivity index is 1.44. The molecule has 4 heterocycles. The maximum absolute atomic E-state index is 14.8. The molecule has 1 fully saturated rings. The van der Waals surface area contributed by atoms with Gasteiger partial charge in [0.15, 0.2) is 11.6 Å². The number of aromatic amines is 1. The lowest BCUT2D eigenvalue weighted by atomic mass is 10.1. The van der Waals surface area contributed by atoms with Crippen LogP contribution in [0.5, 0.6) is 5.75 Å². The summed E-state index contributed by atoms with van der Waals surface area (Å²) >= 11 is 12.5. The summed E-state index contributed by atoms with van der Waals surface area (Å²) in [7, 11) is 0. The van der Waals surface area contributed by atoms with Crippen LogP contribution in [0.3, 0.4) is 0 Å². The number of halogens is 3. The molecule has 0 spiro atoms. The second-order valence-electron chi connectivity index (χ2n) is 8.30. The second-order valence-corrected chi connectivity index (χ2v) is 9.12. The highest BCUT2D eigenvalue weighted by Crippen LogP contribution is 2.36. The van der Waals surface area contributed by atoms with Gasteiger partial charge in [0.05, 0.1) is 28.1 Å². The number of fused-ring (bicyclic) bond motifs is 1. The number of hydrogen-bond acceptors (Lipinski definition) is 7. The zero-order valence-corrected chi connectivity index (χ0v) is 20.2. The quantitative estimate of drug-likeness (QED) is 0.344. The van der Waals surface area contributed by atoms with Gasteiger partial charge in [-0.3, -0.25) is 10.1 Å². The van der Waals surface area contributed by atoms with E-state index in [0.29, 0.717) is 50.1 Å². The first-order valence-corrected chi connectivity index (χ1v) is 11.8. The molecule has 0 amide bonds. The van der Waals surface area contributed by atoms with Gasteiger partial charge < -0.3 is 9.64 Å². The number of aromatic nitrogens is 5. The maximum Gasteiger partial charge on any atom is 0.225 e. The Morgan fingerprint density at radius 3 is 2.69 bits per heavy atom. The van der Waals surface area contributed by atoms with Crippen LogP contribution in [-0.2, 0) is 0 Å². The predicted octanol–water partition coefficient (Wildman–Crippen LogP) is 5.88. The lowest BCUT2D eigenvalue weighted by Gasteiger charge is -2.22. The van der Waals surface area contributed by atoms with Crippen molar-refractivity contribution in [2.75, 3.05) is 11.4 Å². The van der Waals surface area contributed by atoms with E-state index in [1.54, 1.807) is 25.4 Å². The fourth-order valence-corrected chi connectivity index (χ4v) is 5.07. The minimum Gasteiger partial charge on any atom is -0.483 e. The molecular formula is C24H20Cl2FN7O. The molecule has 0 aliphatic carbocycles. The molecule has 1 N–H and O–H groups in total. The highest BCUT2D eigenvalue weighted by atomic mass is 35.5. The zero-order valence-electron chi connectivity index (χ0n) is 18.7. The fraction of sp³-hybridized carbons (Fsp3) is 0.292. The molecule has 8 nitrogen and oxygen atoms in total. The number of nitrogens with zero attached hydrogens (tertiary/aromatic N) is 6. The Morgan fingerprint density at radius 2 is 1.97 bits per heavy atom. The van der Waals surface area contributed by atoms with Crippen molar-refractivity contribution in [3.05, 3.63) is 58.3 Å². The number of nitriles is 1. The molecule has 1 aromatic carbocycles. The van der Waals surface area contributed by atoms with E-state index in [-0.39, 0.29) is 11.8 Å². The van der Waals surface area contributed by atoms with Crippen LogP contribution in [0.1, 0.15) is 37.9 Å². The standard InChI is InChI=1S/C24H20Cl2FN7O/c1-13(22-17(25)11-29-12-18(22)26)35-21-7-16-20(8-19(21)27)32-33-23(16)14-9-30-24(31-10-14)34-6-2-3-15(34)4-5-28/h7-13,15H,2-4,6H2,1H3,(H,32,33)/t13-,15+/m1/s1. The van der Waals surface area contributed by atoms with Gasteiger partial charge in [-0.05, 0) is 25.8 Å². The fourth-order valence-electron chi connectivity index (χ4n) is 4.40. The predicted molar refractivity (Wildman–Crippen MR) is 131 cm³/mol. The van der Waals surface area contributed by atoms with Crippen LogP contribution < -0.4 is 9.64 Å². The summed E-state index contributed by atoms with van der Waals surface area (Å²) in [6.45, 7) is 2.55. The van der Waals surface area contributed by atoms with Gasteiger partial charge in [-0.1, -0.05) is 23.2 Å². The van der Waals surface area contributed by atoms with Gasteiger partial charge in [-0.2, -0.15) is 10.4 Å². The van der Waals surface area contributed by atoms with Gasteiger partial charge in [-0.25, -0.2) is 14.4 Å². The van der Waals surface area contributed by atoms with Crippen molar-refractivity contribution < 1.29 is 9.13 Å². The number of nitrogens with one attached hydrogen (secondary N) is 1. The largest absolute Gasteiger partial charge is 0.483 e. The van der Waals surface area contributed by atoms with Crippen LogP contribution in [-0.4, -0.2) is 37.7 Å². The first-order valence-electron chi connectivity index (χ1n) is 11.1. The van der Waals surface area contributed by atoms with Gasteiger partial charge in [0, 0.05) is 60.0 Å². The molecule has 2 atom stereocenters. The number of anilines is 1. The van der Waals surface area contributed by atoms with Crippen LogP contribution in [0.2, 0.25) is 10.0 Å². The van der Waals surface area contributed by atoms with Crippen molar-refractivity contribution in [2.24, 2.45) is 0 Å². The number of H-pyrrole nitrogens is 1. The molecule has 178 valence electrons. The zero-order chi connectivity index (χ0) is 24.5. The van der Waals surface area contributed by atoms with Crippen LogP contribution in [0.4, 0.5) is 10.3 Å². The molecule has 11 heteroatoms. The highest BCUT2D eigenvalue weighted by molar-refractivity contribution is 6.35. The van der Waals surface area contributed by atoms with Crippen molar-refractivity contribution in [3.63, 3.8) is 0 Å². The van der Waals surface area contributed by atoms with Gasteiger partial charge in [-0.15, -0.1) is 0 Å². The molecule has 35 heavy (non-hydrogen) atoms. The molecular weight excluding hydrogens is 492 g/mol. The van der Waals surface area contributed by atoms with Crippen molar-refractivity contribution in [3.8, 4) is 23.1 Å². The topological polar surface area (TPSA) is 104 Å². The molecule has 0 radical (unpaired) electrons. The van der Waals surface area contributed by atoms with Crippen molar-refractivity contribution >= 4 is 40.1 Å². The van der Waals surface area contributed by atoms with E-state index in [1.807, 2.05) is 0 Å². The Labute approximate surface area is 210 Å². The molecule has 0 saturated carbocycles. The van der Waals surface area contributed by atoms with E-state index in [1.165, 1.54) is 18.5 Å². The van der Waals surface area contributed by atoms with Crippen LogP contribution in [0.25, 0.3) is 22.2 Å². The number of rotatable bonds is 6. The van der Waals surface area contributed by atoms with Gasteiger partial charge in [0.1, 0.15) is 11.8 Å².